The Hall–Kier alpha value is -2.56. The van der Waals surface area contributed by atoms with Crippen LogP contribution in [0.5, 0.6) is 5.75 Å². The zero-order valence-electron chi connectivity index (χ0n) is 13.8. The predicted molar refractivity (Wildman–Crippen MR) is 91.6 cm³/mol. The molecule has 0 atom stereocenters. The molecular formula is C20H18F3NO. The normalized spacial score (nSPS) is 11.7. The number of benzene rings is 2. The second kappa shape index (κ2) is 7.13. The van der Waals surface area contributed by atoms with E-state index in [2.05, 4.69) is 17.7 Å². The van der Waals surface area contributed by atoms with Crippen molar-refractivity contribution in [1.82, 2.24) is 4.98 Å². The first-order valence-electron chi connectivity index (χ1n) is 8.11. The zero-order chi connectivity index (χ0) is 17.9. The van der Waals surface area contributed by atoms with Gasteiger partial charge in [0.15, 0.2) is 0 Å². The van der Waals surface area contributed by atoms with Gasteiger partial charge in [0.05, 0.1) is 5.52 Å². The number of alkyl halides is 3. The van der Waals surface area contributed by atoms with Gasteiger partial charge in [-0.1, -0.05) is 30.3 Å². The van der Waals surface area contributed by atoms with E-state index in [4.69, 9.17) is 4.98 Å². The molecule has 25 heavy (non-hydrogen) atoms. The summed E-state index contributed by atoms with van der Waals surface area (Å²) in [7, 11) is 0. The molecule has 0 radical (unpaired) electrons. The average Bonchev–Trinajstić information content (AvgIpc) is 2.55. The van der Waals surface area contributed by atoms with Crippen molar-refractivity contribution in [3.63, 3.8) is 0 Å². The summed E-state index contributed by atoms with van der Waals surface area (Å²) in [6, 6.07) is 16.2. The van der Waals surface area contributed by atoms with Gasteiger partial charge in [0.25, 0.3) is 0 Å². The van der Waals surface area contributed by atoms with E-state index < -0.39 is 6.36 Å². The number of nitrogens with zero attached hydrogens (tertiary/aromatic N) is 1. The Morgan fingerprint density at radius 2 is 1.68 bits per heavy atom. The Morgan fingerprint density at radius 3 is 2.40 bits per heavy atom. The number of pyridine rings is 1. The minimum Gasteiger partial charge on any atom is -0.406 e. The average molecular weight is 345 g/mol. The second-order valence-corrected chi connectivity index (χ2v) is 5.99. The number of aryl methyl sites for hydroxylation is 3. The van der Waals surface area contributed by atoms with Crippen molar-refractivity contribution in [2.24, 2.45) is 0 Å². The lowest BCUT2D eigenvalue weighted by molar-refractivity contribution is -0.274. The number of ether oxygens (including phenoxy) is 1. The number of aromatic nitrogens is 1. The first kappa shape index (κ1) is 17.3. The van der Waals surface area contributed by atoms with Gasteiger partial charge in [0, 0.05) is 11.1 Å². The molecule has 0 fully saturated rings. The molecule has 1 heterocycles. The molecule has 130 valence electrons. The van der Waals surface area contributed by atoms with E-state index in [1.165, 1.54) is 12.1 Å². The molecule has 0 N–H and O–H groups in total. The summed E-state index contributed by atoms with van der Waals surface area (Å²) in [5, 5.41) is 1.13. The van der Waals surface area contributed by atoms with Gasteiger partial charge in [-0.2, -0.15) is 0 Å². The molecule has 0 bridgehead atoms. The van der Waals surface area contributed by atoms with Crippen LogP contribution < -0.4 is 4.74 Å². The van der Waals surface area contributed by atoms with Crippen molar-refractivity contribution >= 4 is 10.9 Å². The third kappa shape index (κ3) is 4.72. The number of halogens is 3. The minimum absolute atomic E-state index is 0.191. The van der Waals surface area contributed by atoms with Crippen molar-refractivity contribution in [2.75, 3.05) is 0 Å². The van der Waals surface area contributed by atoms with Gasteiger partial charge in [-0.15, -0.1) is 13.2 Å². The number of fused-ring (bicyclic) bond motifs is 1. The van der Waals surface area contributed by atoms with Crippen molar-refractivity contribution in [3.05, 3.63) is 71.4 Å². The Bertz CT molecular complexity index is 857. The van der Waals surface area contributed by atoms with Crippen LogP contribution in [0.4, 0.5) is 13.2 Å². The summed E-state index contributed by atoms with van der Waals surface area (Å²) in [5.41, 5.74) is 4.19. The van der Waals surface area contributed by atoms with Crippen LogP contribution in [0.2, 0.25) is 0 Å². The summed E-state index contributed by atoms with van der Waals surface area (Å²) < 4.78 is 40.3. The topological polar surface area (TPSA) is 22.1 Å². The third-order valence-corrected chi connectivity index (χ3v) is 4.06. The molecule has 3 aromatic rings. The van der Waals surface area contributed by atoms with Crippen LogP contribution in [-0.2, 0) is 12.8 Å². The van der Waals surface area contributed by atoms with Crippen LogP contribution in [0, 0.1) is 6.92 Å². The third-order valence-electron chi connectivity index (χ3n) is 4.06. The van der Waals surface area contributed by atoms with E-state index in [0.29, 0.717) is 0 Å². The number of rotatable bonds is 5. The highest BCUT2D eigenvalue weighted by molar-refractivity contribution is 5.79. The van der Waals surface area contributed by atoms with E-state index in [-0.39, 0.29) is 5.75 Å². The van der Waals surface area contributed by atoms with Crippen molar-refractivity contribution in [3.8, 4) is 5.75 Å². The zero-order valence-corrected chi connectivity index (χ0v) is 13.8. The standard InChI is InChI=1S/C20H18F3NO/c1-14-13-16-6-2-3-7-19(16)24-18(14)8-4-5-15-9-11-17(12-10-15)25-20(21,22)23/h2-3,6-7,9-13H,4-5,8H2,1H3. The van der Waals surface area contributed by atoms with Gasteiger partial charge in [-0.3, -0.25) is 4.98 Å². The van der Waals surface area contributed by atoms with Gasteiger partial charge in [-0.05, 0) is 61.6 Å². The Kier molecular flexibility index (Phi) is 4.93. The van der Waals surface area contributed by atoms with E-state index in [1.807, 2.05) is 24.3 Å². The lowest BCUT2D eigenvalue weighted by Gasteiger charge is -2.10. The summed E-state index contributed by atoms with van der Waals surface area (Å²) in [4.78, 5) is 4.72. The lowest BCUT2D eigenvalue weighted by Crippen LogP contribution is -2.17. The van der Waals surface area contributed by atoms with Crippen molar-refractivity contribution < 1.29 is 17.9 Å². The highest BCUT2D eigenvalue weighted by Crippen LogP contribution is 2.23. The van der Waals surface area contributed by atoms with E-state index in [1.54, 1.807) is 12.1 Å². The van der Waals surface area contributed by atoms with Gasteiger partial charge in [-0.25, -0.2) is 0 Å². The van der Waals surface area contributed by atoms with Crippen LogP contribution in [0.25, 0.3) is 10.9 Å². The molecule has 1 aromatic heterocycles. The molecule has 0 aliphatic rings. The van der Waals surface area contributed by atoms with Crippen LogP contribution in [-0.4, -0.2) is 11.3 Å². The summed E-state index contributed by atoms with van der Waals surface area (Å²) in [5.74, 6) is -0.191. The SMILES string of the molecule is Cc1cc2ccccc2nc1CCCc1ccc(OC(F)(F)F)cc1. The highest BCUT2D eigenvalue weighted by atomic mass is 19.4. The van der Waals surface area contributed by atoms with E-state index in [0.717, 1.165) is 47.0 Å². The fraction of sp³-hybridized carbons (Fsp3) is 0.250. The van der Waals surface area contributed by atoms with Crippen molar-refractivity contribution in [2.45, 2.75) is 32.5 Å². The first-order valence-corrected chi connectivity index (χ1v) is 8.11. The first-order chi connectivity index (χ1) is 11.9. The molecule has 0 spiro atoms. The lowest BCUT2D eigenvalue weighted by atomic mass is 10.0. The van der Waals surface area contributed by atoms with Crippen LogP contribution in [0.3, 0.4) is 0 Å². The summed E-state index contributed by atoms with van der Waals surface area (Å²) >= 11 is 0. The molecule has 3 rings (SSSR count). The maximum absolute atomic E-state index is 12.2. The van der Waals surface area contributed by atoms with Crippen LogP contribution in [0.15, 0.2) is 54.6 Å². The Balaban J connectivity index is 1.60. The molecule has 0 aliphatic carbocycles. The van der Waals surface area contributed by atoms with E-state index in [9.17, 15) is 13.2 Å². The van der Waals surface area contributed by atoms with Gasteiger partial charge in [0.2, 0.25) is 0 Å². The molecule has 5 heteroatoms. The van der Waals surface area contributed by atoms with E-state index >= 15 is 0 Å². The van der Waals surface area contributed by atoms with Crippen LogP contribution in [0.1, 0.15) is 23.2 Å². The Morgan fingerprint density at radius 1 is 0.960 bits per heavy atom. The fourth-order valence-electron chi connectivity index (χ4n) is 2.83. The maximum Gasteiger partial charge on any atom is 0.573 e. The molecule has 2 nitrogen and oxygen atoms in total. The number of para-hydroxylation sites is 1. The summed E-state index contributed by atoms with van der Waals surface area (Å²) in [6.07, 6.45) is -2.16. The van der Waals surface area contributed by atoms with Crippen molar-refractivity contribution in [1.29, 1.82) is 0 Å². The van der Waals surface area contributed by atoms with Gasteiger partial charge >= 0.3 is 6.36 Å². The Labute approximate surface area is 144 Å². The highest BCUT2D eigenvalue weighted by Gasteiger charge is 2.30. The number of hydrogen-bond donors (Lipinski definition) is 0. The predicted octanol–water partition coefficient (Wildman–Crippen LogP) is 5.62. The van der Waals surface area contributed by atoms with Gasteiger partial charge < -0.3 is 4.74 Å². The quantitative estimate of drug-likeness (QED) is 0.599. The van der Waals surface area contributed by atoms with Crippen LogP contribution >= 0.6 is 0 Å². The maximum atomic E-state index is 12.2. The molecule has 0 aliphatic heterocycles. The number of hydrogen-bond acceptors (Lipinski definition) is 2. The molecular weight excluding hydrogens is 327 g/mol. The smallest absolute Gasteiger partial charge is 0.406 e. The molecule has 0 unspecified atom stereocenters. The van der Waals surface area contributed by atoms with Gasteiger partial charge in [0.1, 0.15) is 5.75 Å². The molecule has 0 saturated carbocycles. The largest absolute Gasteiger partial charge is 0.573 e. The molecule has 0 amide bonds. The monoisotopic (exact) mass is 345 g/mol. The second-order valence-electron chi connectivity index (χ2n) is 5.99. The minimum atomic E-state index is -4.65. The molecule has 0 saturated heterocycles. The fourth-order valence-corrected chi connectivity index (χ4v) is 2.83. The molecule has 2 aromatic carbocycles. The summed E-state index contributed by atoms with van der Waals surface area (Å²) in [6.45, 7) is 2.05.